The molecule has 0 radical (unpaired) electrons. The number of rotatable bonds is 0. The van der Waals surface area contributed by atoms with E-state index in [4.69, 9.17) is 0 Å². The van der Waals surface area contributed by atoms with Gasteiger partial charge in [-0.05, 0) is 30.2 Å². The van der Waals surface area contributed by atoms with Crippen molar-refractivity contribution in [2.75, 3.05) is 0 Å². The van der Waals surface area contributed by atoms with Crippen molar-refractivity contribution in [3.05, 3.63) is 64.4 Å². The van der Waals surface area contributed by atoms with Crippen molar-refractivity contribution in [3.8, 4) is 11.3 Å². The van der Waals surface area contributed by atoms with Crippen molar-refractivity contribution < 1.29 is 13.3 Å². The van der Waals surface area contributed by atoms with Gasteiger partial charge in [0.1, 0.15) is 11.6 Å². The Labute approximate surface area is 133 Å². The average Bonchev–Trinajstić information content (AvgIpc) is 2.87. The predicted molar refractivity (Wildman–Crippen MR) is 85.5 cm³/mol. The van der Waals surface area contributed by atoms with Crippen LogP contribution in [0.25, 0.3) is 22.0 Å². The molecule has 3 aromatic rings. The van der Waals surface area contributed by atoms with Gasteiger partial charge in [-0.2, -0.15) is 4.57 Å². The lowest BCUT2D eigenvalue weighted by molar-refractivity contribution is -0.671. The lowest BCUT2D eigenvalue weighted by Crippen LogP contribution is -2.34. The molecule has 0 saturated carbocycles. The number of nitrogens with zero attached hydrogens (tertiary/aromatic N) is 1. The summed E-state index contributed by atoms with van der Waals surface area (Å²) in [6.07, 6.45) is 1.92. The molecule has 0 unspecified atom stereocenters. The monoisotopic (exact) mass is 308 g/mol. The van der Waals surface area contributed by atoms with E-state index in [0.717, 1.165) is 39.9 Å². The summed E-state index contributed by atoms with van der Waals surface area (Å²) in [5.74, 6) is -0.344. The first-order valence-corrected chi connectivity index (χ1v) is 7.89. The number of hydrogen-bond acceptors (Lipinski definition) is 0. The molecule has 2 aliphatic rings. The molecular formula is C20H16F2N+. The molecule has 3 heteroatoms. The molecule has 0 saturated heterocycles. The molecule has 0 spiro atoms. The minimum Gasteiger partial charge on any atom is -0.207 e. The first kappa shape index (κ1) is 13.2. The molecule has 0 atom stereocenters. The highest BCUT2D eigenvalue weighted by Gasteiger charge is 2.44. The van der Waals surface area contributed by atoms with Gasteiger partial charge in [0, 0.05) is 28.0 Å². The molecular weight excluding hydrogens is 292 g/mol. The Balaban J connectivity index is 2.13. The van der Waals surface area contributed by atoms with Crippen molar-refractivity contribution in [2.45, 2.75) is 32.7 Å². The van der Waals surface area contributed by atoms with Crippen molar-refractivity contribution in [3.63, 3.8) is 0 Å². The Hall–Kier alpha value is -2.29. The van der Waals surface area contributed by atoms with Gasteiger partial charge < -0.3 is 0 Å². The van der Waals surface area contributed by atoms with Crippen molar-refractivity contribution in [1.82, 2.24) is 0 Å². The third kappa shape index (κ3) is 1.35. The summed E-state index contributed by atoms with van der Waals surface area (Å²) in [7, 11) is 0. The molecule has 0 N–H and O–H groups in total. The Morgan fingerprint density at radius 3 is 2.70 bits per heavy atom. The second-order valence-corrected chi connectivity index (χ2v) is 7.22. The maximum absolute atomic E-state index is 14.7. The van der Waals surface area contributed by atoms with Crippen LogP contribution in [0.2, 0.25) is 0 Å². The summed E-state index contributed by atoms with van der Waals surface area (Å²) in [5.41, 5.74) is 4.95. The standard InChI is InChI=1S/C20H16F2N/c1-10-8-13-16-12(18(10)22)6-7-23-9-11-4-5-14(21)17(20(13,2)3)15(11)19(16)23/h4-8H,9H2,1-3H3/q+1. The molecule has 2 aromatic carbocycles. The molecule has 0 amide bonds. The third-order valence-electron chi connectivity index (χ3n) is 5.54. The molecule has 1 aliphatic heterocycles. The Bertz CT molecular complexity index is 1050. The van der Waals surface area contributed by atoms with E-state index in [1.807, 2.05) is 38.2 Å². The summed E-state index contributed by atoms with van der Waals surface area (Å²) in [6, 6.07) is 7.18. The lowest BCUT2D eigenvalue weighted by atomic mass is 9.68. The van der Waals surface area contributed by atoms with Crippen LogP contribution in [0.5, 0.6) is 0 Å². The zero-order valence-electron chi connectivity index (χ0n) is 13.3. The summed E-state index contributed by atoms with van der Waals surface area (Å²) in [6.45, 7) is 6.58. The van der Waals surface area contributed by atoms with Crippen LogP contribution in [0.1, 0.15) is 36.1 Å². The molecule has 114 valence electrons. The summed E-state index contributed by atoms with van der Waals surface area (Å²) in [4.78, 5) is 0. The molecule has 1 aromatic heterocycles. The van der Waals surface area contributed by atoms with Crippen LogP contribution < -0.4 is 4.57 Å². The normalized spacial score (nSPS) is 16.2. The Kier molecular flexibility index (Phi) is 2.17. The zero-order chi connectivity index (χ0) is 16.1. The van der Waals surface area contributed by atoms with Gasteiger partial charge in [0.15, 0.2) is 12.7 Å². The number of benzene rings is 2. The number of halogens is 2. The van der Waals surface area contributed by atoms with E-state index in [0.29, 0.717) is 10.9 Å². The molecule has 5 rings (SSSR count). The molecule has 2 heterocycles. The minimum absolute atomic E-state index is 0.170. The second kappa shape index (κ2) is 3.78. The molecule has 0 fully saturated rings. The largest absolute Gasteiger partial charge is 0.222 e. The first-order chi connectivity index (χ1) is 10.9. The van der Waals surface area contributed by atoms with Gasteiger partial charge in [-0.3, -0.25) is 0 Å². The smallest absolute Gasteiger partial charge is 0.207 e. The van der Waals surface area contributed by atoms with Gasteiger partial charge in [-0.15, -0.1) is 0 Å². The number of hydrogen-bond donors (Lipinski definition) is 0. The second-order valence-electron chi connectivity index (χ2n) is 7.22. The van der Waals surface area contributed by atoms with E-state index in [1.165, 1.54) is 0 Å². The van der Waals surface area contributed by atoms with Gasteiger partial charge >= 0.3 is 0 Å². The number of aryl methyl sites for hydroxylation is 1. The fraction of sp³-hybridized carbons (Fsp3) is 0.250. The lowest BCUT2D eigenvalue weighted by Gasteiger charge is -2.33. The number of pyridine rings is 1. The van der Waals surface area contributed by atoms with Gasteiger partial charge in [0.25, 0.3) is 0 Å². The van der Waals surface area contributed by atoms with E-state index in [-0.39, 0.29) is 11.6 Å². The van der Waals surface area contributed by atoms with Gasteiger partial charge in [0.05, 0.1) is 10.9 Å². The summed E-state index contributed by atoms with van der Waals surface area (Å²) in [5, 5.41) is 1.58. The maximum Gasteiger partial charge on any atom is 0.222 e. The highest BCUT2D eigenvalue weighted by molar-refractivity contribution is 6.02. The SMILES string of the molecule is Cc1cc2c3c4[n+](ccc3c1F)Cc1ccc(F)c(c1-4)C2(C)C. The zero-order valence-corrected chi connectivity index (χ0v) is 13.3. The van der Waals surface area contributed by atoms with E-state index in [1.54, 1.807) is 13.0 Å². The fourth-order valence-electron chi connectivity index (χ4n) is 4.46. The van der Waals surface area contributed by atoms with Gasteiger partial charge in [-0.25, -0.2) is 8.78 Å². The summed E-state index contributed by atoms with van der Waals surface area (Å²) < 4.78 is 31.5. The van der Waals surface area contributed by atoms with Gasteiger partial charge in [0.2, 0.25) is 5.69 Å². The average molecular weight is 308 g/mol. The van der Waals surface area contributed by atoms with Crippen molar-refractivity contribution in [2.24, 2.45) is 0 Å². The van der Waals surface area contributed by atoms with E-state index in [2.05, 4.69) is 4.57 Å². The first-order valence-electron chi connectivity index (χ1n) is 7.89. The quantitative estimate of drug-likeness (QED) is 0.424. The Morgan fingerprint density at radius 1 is 1.13 bits per heavy atom. The predicted octanol–water partition coefficient (Wildman–Crippen LogP) is 4.38. The van der Waals surface area contributed by atoms with Crippen LogP contribution in [0.15, 0.2) is 30.5 Å². The van der Waals surface area contributed by atoms with E-state index >= 15 is 0 Å². The van der Waals surface area contributed by atoms with Crippen molar-refractivity contribution >= 4 is 10.8 Å². The topological polar surface area (TPSA) is 3.88 Å². The van der Waals surface area contributed by atoms with Crippen LogP contribution in [-0.2, 0) is 12.0 Å². The minimum atomic E-state index is -0.483. The van der Waals surface area contributed by atoms with Crippen LogP contribution in [0.3, 0.4) is 0 Å². The molecule has 1 aliphatic carbocycles. The van der Waals surface area contributed by atoms with Crippen LogP contribution in [0.4, 0.5) is 8.78 Å². The maximum atomic E-state index is 14.7. The van der Waals surface area contributed by atoms with Crippen molar-refractivity contribution in [1.29, 1.82) is 0 Å². The molecule has 0 bridgehead atoms. The number of aromatic nitrogens is 1. The molecule has 1 nitrogen and oxygen atoms in total. The Morgan fingerprint density at radius 2 is 1.91 bits per heavy atom. The third-order valence-corrected chi connectivity index (χ3v) is 5.54. The van der Waals surface area contributed by atoms with E-state index in [9.17, 15) is 8.78 Å². The summed E-state index contributed by atoms with van der Waals surface area (Å²) >= 11 is 0. The highest BCUT2D eigenvalue weighted by atomic mass is 19.1. The van der Waals surface area contributed by atoms with E-state index < -0.39 is 5.41 Å². The highest BCUT2D eigenvalue weighted by Crippen LogP contribution is 2.51. The van der Waals surface area contributed by atoms with Crippen LogP contribution >= 0.6 is 0 Å². The fourth-order valence-corrected chi connectivity index (χ4v) is 4.46. The van der Waals surface area contributed by atoms with Gasteiger partial charge in [-0.1, -0.05) is 19.9 Å². The van der Waals surface area contributed by atoms with Crippen LogP contribution in [0, 0.1) is 18.6 Å². The molecule has 23 heavy (non-hydrogen) atoms. The van der Waals surface area contributed by atoms with Crippen LogP contribution in [-0.4, -0.2) is 0 Å².